The molecule has 0 heterocycles. The zero-order chi connectivity index (χ0) is 14.6. The minimum atomic E-state index is 0.263. The predicted molar refractivity (Wildman–Crippen MR) is 87.6 cm³/mol. The van der Waals surface area contributed by atoms with E-state index in [-0.39, 0.29) is 5.41 Å². The summed E-state index contributed by atoms with van der Waals surface area (Å²) in [6.07, 6.45) is 14.5. The van der Waals surface area contributed by atoms with Gasteiger partial charge in [0.15, 0.2) is 0 Å². The lowest BCUT2D eigenvalue weighted by molar-refractivity contribution is -0.0587. The number of hydrogen-bond acceptors (Lipinski definition) is 0. The van der Waals surface area contributed by atoms with E-state index < -0.39 is 0 Å². The monoisotopic (exact) mass is 272 g/mol. The molecule has 0 nitrogen and oxygen atoms in total. The molecule has 0 aromatic heterocycles. The Morgan fingerprint density at radius 1 is 1.10 bits per heavy atom. The van der Waals surface area contributed by atoms with Crippen LogP contribution in [0.4, 0.5) is 0 Å². The maximum Gasteiger partial charge on any atom is 0.00330 e. The van der Waals surface area contributed by atoms with Gasteiger partial charge in [-0.05, 0) is 61.2 Å². The van der Waals surface area contributed by atoms with Crippen LogP contribution in [0, 0.1) is 28.1 Å². The van der Waals surface area contributed by atoms with Crippen LogP contribution in [-0.4, -0.2) is 0 Å². The van der Waals surface area contributed by atoms with Gasteiger partial charge in [0, 0.05) is 5.41 Å². The largest absolute Gasteiger partial charge is 0.102 e. The lowest BCUT2D eigenvalue weighted by Crippen LogP contribution is -2.50. The van der Waals surface area contributed by atoms with E-state index in [0.29, 0.717) is 10.8 Å². The molecule has 20 heavy (non-hydrogen) atoms. The molecule has 2 saturated carbocycles. The SMILES string of the molecule is C=C[C@]1(C)C=C2CCC3C(C)(C)CCC[C@]3(C)[C@H]2CC1. The highest BCUT2D eigenvalue weighted by Crippen LogP contribution is 2.63. The highest BCUT2D eigenvalue weighted by molar-refractivity contribution is 5.26. The van der Waals surface area contributed by atoms with Crippen molar-refractivity contribution < 1.29 is 0 Å². The van der Waals surface area contributed by atoms with Gasteiger partial charge in [0.2, 0.25) is 0 Å². The minimum Gasteiger partial charge on any atom is -0.102 e. The Kier molecular flexibility index (Phi) is 3.23. The van der Waals surface area contributed by atoms with Crippen molar-refractivity contribution in [3.63, 3.8) is 0 Å². The van der Waals surface area contributed by atoms with Crippen LogP contribution in [0.1, 0.15) is 72.6 Å². The molecule has 1 unspecified atom stereocenters. The van der Waals surface area contributed by atoms with E-state index in [4.69, 9.17) is 0 Å². The Bertz CT molecular complexity index is 441. The zero-order valence-corrected chi connectivity index (χ0v) is 14.0. The van der Waals surface area contributed by atoms with E-state index in [1.54, 1.807) is 5.57 Å². The molecule has 0 radical (unpaired) electrons. The zero-order valence-electron chi connectivity index (χ0n) is 14.0. The Labute approximate surface area is 125 Å². The van der Waals surface area contributed by atoms with Crippen molar-refractivity contribution in [2.45, 2.75) is 72.6 Å². The molecule has 112 valence electrons. The van der Waals surface area contributed by atoms with Crippen LogP contribution >= 0.6 is 0 Å². The summed E-state index contributed by atoms with van der Waals surface area (Å²) in [5.41, 5.74) is 3.15. The molecule has 4 atom stereocenters. The standard InChI is InChI=1S/C20H32/c1-6-19(4)13-10-16-15(14-19)8-9-17-18(2,3)11-7-12-20(16,17)5/h6,14,16-17H,1,7-13H2,2-5H3/t16-,17?,19-,20+/m0/s1. The maximum absolute atomic E-state index is 4.07. The van der Waals surface area contributed by atoms with Gasteiger partial charge in [-0.25, -0.2) is 0 Å². The third-order valence-corrected chi connectivity index (χ3v) is 7.19. The summed E-state index contributed by atoms with van der Waals surface area (Å²) in [6.45, 7) is 14.1. The van der Waals surface area contributed by atoms with Crippen molar-refractivity contribution in [1.29, 1.82) is 0 Å². The second kappa shape index (κ2) is 4.49. The molecule has 0 N–H and O–H groups in total. The van der Waals surface area contributed by atoms with Crippen molar-refractivity contribution in [2.75, 3.05) is 0 Å². The summed E-state index contributed by atoms with van der Waals surface area (Å²) < 4.78 is 0. The maximum atomic E-state index is 4.07. The second-order valence-corrected chi connectivity index (χ2v) is 8.96. The molecular formula is C20H32. The lowest BCUT2D eigenvalue weighted by atomic mass is 9.45. The van der Waals surface area contributed by atoms with Crippen LogP contribution in [0.25, 0.3) is 0 Å². The van der Waals surface area contributed by atoms with E-state index in [9.17, 15) is 0 Å². The van der Waals surface area contributed by atoms with Crippen LogP contribution in [-0.2, 0) is 0 Å². The Balaban J connectivity index is 1.97. The van der Waals surface area contributed by atoms with Crippen molar-refractivity contribution in [2.24, 2.45) is 28.1 Å². The van der Waals surface area contributed by atoms with Gasteiger partial charge in [0.05, 0.1) is 0 Å². The Morgan fingerprint density at radius 2 is 1.85 bits per heavy atom. The fourth-order valence-electron chi connectivity index (χ4n) is 6.01. The second-order valence-electron chi connectivity index (χ2n) is 8.96. The minimum absolute atomic E-state index is 0.263. The molecule has 0 spiro atoms. The van der Waals surface area contributed by atoms with E-state index in [2.05, 4.69) is 46.4 Å². The molecule has 0 heteroatoms. The van der Waals surface area contributed by atoms with Crippen LogP contribution in [0.3, 0.4) is 0 Å². The van der Waals surface area contributed by atoms with Crippen molar-refractivity contribution >= 4 is 0 Å². The van der Waals surface area contributed by atoms with Crippen LogP contribution in [0.15, 0.2) is 24.3 Å². The molecule has 2 fully saturated rings. The van der Waals surface area contributed by atoms with Gasteiger partial charge in [0.1, 0.15) is 0 Å². The van der Waals surface area contributed by atoms with Gasteiger partial charge in [-0.3, -0.25) is 0 Å². The normalized spacial score (nSPS) is 46.9. The first kappa shape index (κ1) is 14.4. The van der Waals surface area contributed by atoms with Crippen molar-refractivity contribution in [3.8, 4) is 0 Å². The average Bonchev–Trinajstić information content (AvgIpc) is 2.37. The highest BCUT2D eigenvalue weighted by atomic mass is 14.6. The number of allylic oxidation sites excluding steroid dienone is 3. The van der Waals surface area contributed by atoms with Gasteiger partial charge in [-0.1, -0.05) is 51.8 Å². The summed E-state index contributed by atoms with van der Waals surface area (Å²) in [4.78, 5) is 0. The predicted octanol–water partition coefficient (Wildman–Crippen LogP) is 6.14. The Hall–Kier alpha value is -0.520. The number of fused-ring (bicyclic) bond motifs is 3. The highest BCUT2D eigenvalue weighted by Gasteiger charge is 2.54. The van der Waals surface area contributed by atoms with Gasteiger partial charge >= 0.3 is 0 Å². The van der Waals surface area contributed by atoms with E-state index in [1.807, 2.05) is 0 Å². The summed E-state index contributed by atoms with van der Waals surface area (Å²) in [6, 6.07) is 0. The summed E-state index contributed by atoms with van der Waals surface area (Å²) >= 11 is 0. The molecule has 3 rings (SSSR count). The van der Waals surface area contributed by atoms with Gasteiger partial charge in [-0.15, -0.1) is 6.58 Å². The van der Waals surface area contributed by atoms with Crippen LogP contribution in [0.2, 0.25) is 0 Å². The number of rotatable bonds is 1. The fraction of sp³-hybridized carbons (Fsp3) is 0.800. The molecule has 3 aliphatic carbocycles. The number of hydrogen-bond donors (Lipinski definition) is 0. The quantitative estimate of drug-likeness (QED) is 0.503. The third kappa shape index (κ3) is 2.02. The first-order valence-corrected chi connectivity index (χ1v) is 8.66. The van der Waals surface area contributed by atoms with Gasteiger partial charge in [-0.2, -0.15) is 0 Å². The topological polar surface area (TPSA) is 0 Å². The van der Waals surface area contributed by atoms with Gasteiger partial charge < -0.3 is 0 Å². The molecule has 0 aromatic carbocycles. The molecule has 0 amide bonds. The molecule has 0 bridgehead atoms. The molecule has 0 aliphatic heterocycles. The summed E-state index contributed by atoms with van der Waals surface area (Å²) in [5.74, 6) is 1.79. The van der Waals surface area contributed by atoms with E-state index in [0.717, 1.165) is 11.8 Å². The first-order chi connectivity index (χ1) is 9.31. The van der Waals surface area contributed by atoms with E-state index >= 15 is 0 Å². The molecular weight excluding hydrogens is 240 g/mol. The van der Waals surface area contributed by atoms with Crippen LogP contribution < -0.4 is 0 Å². The summed E-state index contributed by atoms with van der Waals surface area (Å²) in [7, 11) is 0. The smallest absolute Gasteiger partial charge is 0.00330 e. The average molecular weight is 272 g/mol. The lowest BCUT2D eigenvalue weighted by Gasteiger charge is -2.59. The van der Waals surface area contributed by atoms with E-state index in [1.165, 1.54) is 44.9 Å². The fourth-order valence-corrected chi connectivity index (χ4v) is 6.01. The Morgan fingerprint density at radius 3 is 2.55 bits per heavy atom. The molecule has 0 aromatic rings. The molecule has 0 saturated heterocycles. The van der Waals surface area contributed by atoms with Crippen molar-refractivity contribution in [3.05, 3.63) is 24.3 Å². The third-order valence-electron chi connectivity index (χ3n) is 7.19. The van der Waals surface area contributed by atoms with Gasteiger partial charge in [0.25, 0.3) is 0 Å². The van der Waals surface area contributed by atoms with Crippen molar-refractivity contribution in [1.82, 2.24) is 0 Å². The molecule has 3 aliphatic rings. The first-order valence-electron chi connectivity index (χ1n) is 8.66. The summed E-state index contributed by atoms with van der Waals surface area (Å²) in [5, 5.41) is 0. The van der Waals surface area contributed by atoms with Crippen LogP contribution in [0.5, 0.6) is 0 Å².